The van der Waals surface area contributed by atoms with Crippen LogP contribution in [0.4, 0.5) is 0 Å². The number of aromatic hydroxyl groups is 1. The maximum Gasteiger partial charge on any atom is 0.169 e. The van der Waals surface area contributed by atoms with Gasteiger partial charge in [-0.1, -0.05) is 11.6 Å². The van der Waals surface area contributed by atoms with Gasteiger partial charge in [0.25, 0.3) is 0 Å². The van der Waals surface area contributed by atoms with Crippen molar-refractivity contribution in [2.45, 2.75) is 6.54 Å². The zero-order valence-electron chi connectivity index (χ0n) is 11.2. The minimum atomic E-state index is 0.0675. The van der Waals surface area contributed by atoms with Crippen LogP contribution in [0, 0.1) is 0 Å². The monoisotopic (exact) mass is 286 g/mol. The predicted molar refractivity (Wildman–Crippen MR) is 74.4 cm³/mol. The summed E-state index contributed by atoms with van der Waals surface area (Å²) < 4.78 is 10.6. The molecule has 6 heteroatoms. The maximum atomic E-state index is 10.2. The number of phenols is 1. The number of methoxy groups -OCH3 is 2. The molecule has 1 aliphatic heterocycles. The van der Waals surface area contributed by atoms with E-state index in [1.165, 1.54) is 0 Å². The standard InChI is InChI=1S/C13H19ClN2O3/c1-18-11-7-10(14)12(17)9(13(11)19-2)8-16-5-3-15-4-6-16/h7,15,17H,3-6,8H2,1-2H3. The van der Waals surface area contributed by atoms with Crippen LogP contribution in [0.2, 0.25) is 5.02 Å². The minimum Gasteiger partial charge on any atom is -0.506 e. The molecule has 0 aromatic heterocycles. The van der Waals surface area contributed by atoms with Crippen LogP contribution in [0.15, 0.2) is 6.07 Å². The number of ether oxygens (including phenoxy) is 2. The van der Waals surface area contributed by atoms with E-state index in [1.807, 2.05) is 0 Å². The Morgan fingerprint density at radius 3 is 2.58 bits per heavy atom. The Kier molecular flexibility index (Phi) is 4.74. The zero-order valence-corrected chi connectivity index (χ0v) is 12.0. The van der Waals surface area contributed by atoms with Crippen molar-refractivity contribution in [3.8, 4) is 17.2 Å². The summed E-state index contributed by atoms with van der Waals surface area (Å²) >= 11 is 6.03. The summed E-state index contributed by atoms with van der Waals surface area (Å²) in [6, 6.07) is 1.57. The normalized spacial score (nSPS) is 16.4. The van der Waals surface area contributed by atoms with Gasteiger partial charge in [0, 0.05) is 38.8 Å². The first-order valence-corrected chi connectivity index (χ1v) is 6.60. The molecule has 1 aromatic carbocycles. The second-order valence-corrected chi connectivity index (χ2v) is 4.85. The van der Waals surface area contributed by atoms with Gasteiger partial charge in [-0.25, -0.2) is 0 Å². The van der Waals surface area contributed by atoms with Gasteiger partial charge in [-0.3, -0.25) is 4.90 Å². The van der Waals surface area contributed by atoms with Crippen molar-refractivity contribution in [1.82, 2.24) is 10.2 Å². The third-order valence-electron chi connectivity index (χ3n) is 3.28. The van der Waals surface area contributed by atoms with E-state index in [1.54, 1.807) is 20.3 Å². The van der Waals surface area contributed by atoms with Crippen molar-refractivity contribution in [2.75, 3.05) is 40.4 Å². The predicted octanol–water partition coefficient (Wildman–Crippen LogP) is 1.47. The van der Waals surface area contributed by atoms with Crippen LogP contribution in [0.25, 0.3) is 0 Å². The average molecular weight is 287 g/mol. The Bertz CT molecular complexity index is 448. The Labute approximate surface area is 118 Å². The van der Waals surface area contributed by atoms with Gasteiger partial charge in [0.15, 0.2) is 11.5 Å². The van der Waals surface area contributed by atoms with Gasteiger partial charge in [-0.05, 0) is 0 Å². The SMILES string of the molecule is COc1cc(Cl)c(O)c(CN2CCNCC2)c1OC. The van der Waals surface area contributed by atoms with Crippen LogP contribution < -0.4 is 14.8 Å². The lowest BCUT2D eigenvalue weighted by molar-refractivity contribution is 0.226. The summed E-state index contributed by atoms with van der Waals surface area (Å²) in [5, 5.41) is 13.7. The van der Waals surface area contributed by atoms with E-state index in [4.69, 9.17) is 21.1 Å². The van der Waals surface area contributed by atoms with Crippen molar-refractivity contribution >= 4 is 11.6 Å². The molecule has 106 valence electrons. The number of phenolic OH excluding ortho intramolecular Hbond substituents is 1. The highest BCUT2D eigenvalue weighted by Gasteiger charge is 2.21. The van der Waals surface area contributed by atoms with Crippen LogP contribution >= 0.6 is 11.6 Å². The van der Waals surface area contributed by atoms with Crippen LogP contribution in [0.1, 0.15) is 5.56 Å². The Balaban J connectivity index is 2.33. The molecule has 0 amide bonds. The number of nitrogens with zero attached hydrogens (tertiary/aromatic N) is 1. The molecular weight excluding hydrogens is 268 g/mol. The molecule has 1 heterocycles. The highest BCUT2D eigenvalue weighted by Crippen LogP contribution is 2.42. The number of benzene rings is 1. The zero-order chi connectivity index (χ0) is 13.8. The fourth-order valence-electron chi connectivity index (χ4n) is 2.26. The summed E-state index contributed by atoms with van der Waals surface area (Å²) in [7, 11) is 3.12. The first kappa shape index (κ1) is 14.2. The second kappa shape index (κ2) is 6.32. The van der Waals surface area contributed by atoms with Crippen molar-refractivity contribution in [3.05, 3.63) is 16.7 Å². The lowest BCUT2D eigenvalue weighted by atomic mass is 10.1. The van der Waals surface area contributed by atoms with Crippen molar-refractivity contribution in [2.24, 2.45) is 0 Å². The van der Waals surface area contributed by atoms with Crippen molar-refractivity contribution < 1.29 is 14.6 Å². The molecule has 1 aliphatic rings. The van der Waals surface area contributed by atoms with Gasteiger partial charge in [-0.2, -0.15) is 0 Å². The molecular formula is C13H19ClN2O3. The van der Waals surface area contributed by atoms with Crippen LogP contribution in [-0.4, -0.2) is 50.4 Å². The van der Waals surface area contributed by atoms with Gasteiger partial charge in [0.2, 0.25) is 0 Å². The number of halogens is 1. The minimum absolute atomic E-state index is 0.0675. The highest BCUT2D eigenvalue weighted by atomic mass is 35.5. The number of rotatable bonds is 4. The summed E-state index contributed by atoms with van der Waals surface area (Å²) in [6.45, 7) is 4.34. The highest BCUT2D eigenvalue weighted by molar-refractivity contribution is 6.32. The summed E-state index contributed by atoms with van der Waals surface area (Å²) in [5.41, 5.74) is 0.675. The van der Waals surface area contributed by atoms with Crippen LogP contribution in [-0.2, 0) is 6.54 Å². The summed E-state index contributed by atoms with van der Waals surface area (Å²) in [4.78, 5) is 2.24. The molecule has 2 N–H and O–H groups in total. The van der Waals surface area contributed by atoms with Crippen molar-refractivity contribution in [1.29, 1.82) is 0 Å². The smallest absolute Gasteiger partial charge is 0.169 e. The quantitative estimate of drug-likeness (QED) is 0.878. The number of piperazine rings is 1. The van der Waals surface area contributed by atoms with Crippen molar-refractivity contribution in [3.63, 3.8) is 0 Å². The lowest BCUT2D eigenvalue weighted by Gasteiger charge is -2.28. The molecule has 2 rings (SSSR count). The maximum absolute atomic E-state index is 10.2. The molecule has 1 saturated heterocycles. The molecule has 5 nitrogen and oxygen atoms in total. The molecule has 0 spiro atoms. The number of hydrogen-bond acceptors (Lipinski definition) is 5. The van der Waals surface area contributed by atoms with Gasteiger partial charge in [0.05, 0.1) is 24.8 Å². The average Bonchev–Trinajstić information content (AvgIpc) is 2.44. The largest absolute Gasteiger partial charge is 0.506 e. The number of hydrogen-bond donors (Lipinski definition) is 2. The first-order valence-electron chi connectivity index (χ1n) is 6.22. The van der Waals surface area contributed by atoms with E-state index < -0.39 is 0 Å². The molecule has 0 bridgehead atoms. The van der Waals surface area contributed by atoms with Gasteiger partial charge >= 0.3 is 0 Å². The molecule has 0 saturated carbocycles. The molecule has 19 heavy (non-hydrogen) atoms. The molecule has 0 radical (unpaired) electrons. The Hall–Kier alpha value is -1.17. The first-order chi connectivity index (χ1) is 9.17. The Morgan fingerprint density at radius 1 is 1.32 bits per heavy atom. The molecule has 1 fully saturated rings. The van der Waals surface area contributed by atoms with Crippen LogP contribution in [0.3, 0.4) is 0 Å². The van der Waals surface area contributed by atoms with E-state index >= 15 is 0 Å². The lowest BCUT2D eigenvalue weighted by Crippen LogP contribution is -2.42. The van der Waals surface area contributed by atoms with E-state index in [-0.39, 0.29) is 10.8 Å². The summed E-state index contributed by atoms with van der Waals surface area (Å²) in [6.07, 6.45) is 0. The third-order valence-corrected chi connectivity index (χ3v) is 3.57. The molecule has 0 unspecified atom stereocenters. The van der Waals surface area contributed by atoms with Gasteiger partial charge in [-0.15, -0.1) is 0 Å². The Morgan fingerprint density at radius 2 is 2.00 bits per heavy atom. The van der Waals surface area contributed by atoms with Crippen LogP contribution in [0.5, 0.6) is 17.2 Å². The van der Waals surface area contributed by atoms with Gasteiger partial charge in [0.1, 0.15) is 5.75 Å². The fourth-order valence-corrected chi connectivity index (χ4v) is 2.48. The topological polar surface area (TPSA) is 54.0 Å². The van der Waals surface area contributed by atoms with E-state index in [9.17, 15) is 5.11 Å². The molecule has 0 atom stereocenters. The van der Waals surface area contributed by atoms with E-state index in [2.05, 4.69) is 10.2 Å². The third kappa shape index (κ3) is 3.05. The van der Waals surface area contributed by atoms with E-state index in [0.29, 0.717) is 23.6 Å². The fraction of sp³-hybridized carbons (Fsp3) is 0.538. The number of nitrogens with one attached hydrogen (secondary N) is 1. The molecule has 1 aromatic rings. The molecule has 0 aliphatic carbocycles. The van der Waals surface area contributed by atoms with Gasteiger partial charge < -0.3 is 19.9 Å². The second-order valence-electron chi connectivity index (χ2n) is 4.45. The summed E-state index contributed by atoms with van der Waals surface area (Å²) in [5.74, 6) is 1.15. The van der Waals surface area contributed by atoms with E-state index in [0.717, 1.165) is 26.2 Å².